The van der Waals surface area contributed by atoms with E-state index >= 15 is 0 Å². The number of anilines is 1. The van der Waals surface area contributed by atoms with E-state index in [9.17, 15) is 19.7 Å². The number of hydrogen-bond acceptors (Lipinski definition) is 4. The zero-order chi connectivity index (χ0) is 17.0. The highest BCUT2D eigenvalue weighted by molar-refractivity contribution is 6.05. The van der Waals surface area contributed by atoms with Gasteiger partial charge in [-0.15, -0.1) is 0 Å². The average molecular weight is 313 g/mol. The molecule has 0 bridgehead atoms. The van der Waals surface area contributed by atoms with E-state index in [2.05, 4.69) is 5.32 Å². The summed E-state index contributed by atoms with van der Waals surface area (Å²) in [4.78, 5) is 35.7. The van der Waals surface area contributed by atoms with Crippen LogP contribution in [0.15, 0.2) is 48.5 Å². The molecule has 23 heavy (non-hydrogen) atoms. The summed E-state index contributed by atoms with van der Waals surface area (Å²) in [6.07, 6.45) is 0. The average Bonchev–Trinajstić information content (AvgIpc) is 2.54. The summed E-state index contributed by atoms with van der Waals surface area (Å²) in [5, 5.41) is 13.4. The number of nitrogens with one attached hydrogen (secondary N) is 1. The van der Waals surface area contributed by atoms with Crippen molar-refractivity contribution in [2.75, 3.05) is 19.4 Å². The molecular formula is C16H15N3O4. The van der Waals surface area contributed by atoms with Crippen LogP contribution in [0.1, 0.15) is 20.7 Å². The van der Waals surface area contributed by atoms with Crippen LogP contribution in [-0.4, -0.2) is 35.7 Å². The number of hydrogen-bond donors (Lipinski definition) is 1. The lowest BCUT2D eigenvalue weighted by atomic mass is 10.1. The van der Waals surface area contributed by atoms with E-state index in [-0.39, 0.29) is 17.2 Å². The van der Waals surface area contributed by atoms with Crippen LogP contribution in [0, 0.1) is 10.1 Å². The minimum Gasteiger partial charge on any atom is -0.345 e. The number of rotatable bonds is 4. The molecule has 0 spiro atoms. The first-order valence-corrected chi connectivity index (χ1v) is 6.76. The SMILES string of the molecule is CN(C)C(=O)c1cccc(NC(=O)c2cccc([N+](=O)[O-])c2)c1. The number of nitro benzene ring substituents is 1. The van der Waals surface area contributed by atoms with Crippen LogP contribution in [-0.2, 0) is 0 Å². The van der Waals surface area contributed by atoms with Crippen LogP contribution in [0.5, 0.6) is 0 Å². The molecule has 0 aliphatic heterocycles. The molecular weight excluding hydrogens is 298 g/mol. The molecule has 7 heteroatoms. The predicted octanol–water partition coefficient (Wildman–Crippen LogP) is 2.55. The third-order valence-electron chi connectivity index (χ3n) is 3.09. The number of nitro groups is 1. The number of carbonyl (C=O) groups is 2. The molecule has 0 heterocycles. The summed E-state index contributed by atoms with van der Waals surface area (Å²) in [6.45, 7) is 0. The Bertz CT molecular complexity index is 771. The fourth-order valence-electron chi connectivity index (χ4n) is 1.95. The number of amides is 2. The largest absolute Gasteiger partial charge is 0.345 e. The van der Waals surface area contributed by atoms with Gasteiger partial charge in [0.05, 0.1) is 4.92 Å². The zero-order valence-corrected chi connectivity index (χ0v) is 12.6. The Hall–Kier alpha value is -3.22. The van der Waals surface area contributed by atoms with Crippen molar-refractivity contribution in [3.8, 4) is 0 Å². The minimum atomic E-state index is -0.562. The topological polar surface area (TPSA) is 92.6 Å². The van der Waals surface area contributed by atoms with E-state index in [0.717, 1.165) is 0 Å². The van der Waals surface area contributed by atoms with Gasteiger partial charge in [-0.05, 0) is 24.3 Å². The molecule has 0 radical (unpaired) electrons. The minimum absolute atomic E-state index is 0.158. The van der Waals surface area contributed by atoms with Crippen LogP contribution < -0.4 is 5.32 Å². The smallest absolute Gasteiger partial charge is 0.270 e. The van der Waals surface area contributed by atoms with Gasteiger partial charge in [0.2, 0.25) is 0 Å². The molecule has 0 aliphatic rings. The molecule has 2 amide bonds. The quantitative estimate of drug-likeness (QED) is 0.693. The molecule has 2 aromatic carbocycles. The maximum Gasteiger partial charge on any atom is 0.270 e. The van der Waals surface area contributed by atoms with Crippen molar-refractivity contribution in [1.82, 2.24) is 4.90 Å². The Morgan fingerprint density at radius 2 is 1.70 bits per heavy atom. The second-order valence-corrected chi connectivity index (χ2v) is 5.04. The molecule has 0 saturated heterocycles. The van der Waals surface area contributed by atoms with E-state index in [1.54, 1.807) is 38.4 Å². The number of carbonyl (C=O) groups excluding carboxylic acids is 2. The highest BCUT2D eigenvalue weighted by atomic mass is 16.6. The van der Waals surface area contributed by atoms with Gasteiger partial charge in [-0.1, -0.05) is 12.1 Å². The normalized spacial score (nSPS) is 10.0. The highest BCUT2D eigenvalue weighted by Crippen LogP contribution is 2.16. The van der Waals surface area contributed by atoms with Gasteiger partial charge in [0, 0.05) is 43.0 Å². The third-order valence-corrected chi connectivity index (χ3v) is 3.09. The molecule has 7 nitrogen and oxygen atoms in total. The Morgan fingerprint density at radius 3 is 2.35 bits per heavy atom. The summed E-state index contributed by atoms with van der Waals surface area (Å²) < 4.78 is 0. The van der Waals surface area contributed by atoms with Gasteiger partial charge in [0.15, 0.2) is 0 Å². The second-order valence-electron chi connectivity index (χ2n) is 5.04. The fraction of sp³-hybridized carbons (Fsp3) is 0.125. The Kier molecular flexibility index (Phi) is 4.70. The highest BCUT2D eigenvalue weighted by Gasteiger charge is 2.13. The van der Waals surface area contributed by atoms with Crippen LogP contribution in [0.25, 0.3) is 0 Å². The zero-order valence-electron chi connectivity index (χ0n) is 12.6. The first-order chi connectivity index (χ1) is 10.9. The lowest BCUT2D eigenvalue weighted by molar-refractivity contribution is -0.384. The molecule has 0 fully saturated rings. The molecule has 2 aromatic rings. The summed E-state index contributed by atoms with van der Waals surface area (Å²) in [5.41, 5.74) is 0.888. The Labute approximate surface area is 132 Å². The van der Waals surface area contributed by atoms with Crippen molar-refractivity contribution >= 4 is 23.2 Å². The summed E-state index contributed by atoms with van der Waals surface area (Å²) in [5.74, 6) is -0.667. The summed E-state index contributed by atoms with van der Waals surface area (Å²) in [6, 6.07) is 11.9. The lowest BCUT2D eigenvalue weighted by Crippen LogP contribution is -2.22. The molecule has 2 rings (SSSR count). The van der Waals surface area contributed by atoms with E-state index < -0.39 is 10.8 Å². The van der Waals surface area contributed by atoms with Crippen molar-refractivity contribution in [3.63, 3.8) is 0 Å². The van der Waals surface area contributed by atoms with Crippen molar-refractivity contribution in [2.45, 2.75) is 0 Å². The van der Waals surface area contributed by atoms with Gasteiger partial charge in [-0.2, -0.15) is 0 Å². The molecule has 0 saturated carbocycles. The van der Waals surface area contributed by atoms with Gasteiger partial charge in [0.25, 0.3) is 17.5 Å². The van der Waals surface area contributed by atoms with Crippen LogP contribution in [0.4, 0.5) is 11.4 Å². The molecule has 118 valence electrons. The molecule has 0 atom stereocenters. The van der Waals surface area contributed by atoms with E-state index in [4.69, 9.17) is 0 Å². The Balaban J connectivity index is 2.20. The van der Waals surface area contributed by atoms with Crippen molar-refractivity contribution < 1.29 is 14.5 Å². The summed E-state index contributed by atoms with van der Waals surface area (Å²) >= 11 is 0. The second kappa shape index (κ2) is 6.69. The van der Waals surface area contributed by atoms with Gasteiger partial charge in [-0.3, -0.25) is 19.7 Å². The first kappa shape index (κ1) is 16.2. The lowest BCUT2D eigenvalue weighted by Gasteiger charge is -2.11. The summed E-state index contributed by atoms with van der Waals surface area (Å²) in [7, 11) is 3.27. The van der Waals surface area contributed by atoms with Gasteiger partial charge in [-0.25, -0.2) is 0 Å². The fourth-order valence-corrected chi connectivity index (χ4v) is 1.95. The molecule has 0 unspecified atom stereocenters. The number of non-ortho nitro benzene ring substituents is 1. The van der Waals surface area contributed by atoms with Crippen LogP contribution in [0.2, 0.25) is 0 Å². The molecule has 0 aliphatic carbocycles. The third kappa shape index (κ3) is 3.91. The van der Waals surface area contributed by atoms with Gasteiger partial charge < -0.3 is 10.2 Å². The molecule has 0 aromatic heterocycles. The van der Waals surface area contributed by atoms with Crippen molar-refractivity contribution in [2.24, 2.45) is 0 Å². The van der Waals surface area contributed by atoms with Gasteiger partial charge >= 0.3 is 0 Å². The number of nitrogens with zero attached hydrogens (tertiary/aromatic N) is 2. The van der Waals surface area contributed by atoms with Crippen molar-refractivity contribution in [1.29, 1.82) is 0 Å². The monoisotopic (exact) mass is 313 g/mol. The van der Waals surface area contributed by atoms with Crippen molar-refractivity contribution in [3.05, 3.63) is 69.8 Å². The van der Waals surface area contributed by atoms with Gasteiger partial charge in [0.1, 0.15) is 0 Å². The maximum atomic E-state index is 12.2. The predicted molar refractivity (Wildman–Crippen MR) is 85.5 cm³/mol. The molecule has 1 N–H and O–H groups in total. The Morgan fingerprint density at radius 1 is 1.04 bits per heavy atom. The van der Waals surface area contributed by atoms with Crippen LogP contribution in [0.3, 0.4) is 0 Å². The standard InChI is InChI=1S/C16H15N3O4/c1-18(2)16(21)12-6-3-7-13(9-12)17-15(20)11-5-4-8-14(10-11)19(22)23/h3-10H,1-2H3,(H,17,20). The van der Waals surface area contributed by atoms with E-state index in [1.807, 2.05) is 0 Å². The number of benzene rings is 2. The van der Waals surface area contributed by atoms with Crippen LogP contribution >= 0.6 is 0 Å². The maximum absolute atomic E-state index is 12.2. The van der Waals surface area contributed by atoms with E-state index in [0.29, 0.717) is 11.3 Å². The van der Waals surface area contributed by atoms with E-state index in [1.165, 1.54) is 29.2 Å². The first-order valence-electron chi connectivity index (χ1n) is 6.76.